The number of aliphatic carboxylic acids is 1. The van der Waals surface area contributed by atoms with Crippen molar-refractivity contribution >= 4 is 11.7 Å². The summed E-state index contributed by atoms with van der Waals surface area (Å²) in [4.78, 5) is 15.8. The minimum Gasteiger partial charge on any atom is -0.489 e. The molecule has 3 N–H and O–H groups in total. The van der Waals surface area contributed by atoms with Gasteiger partial charge in [0.2, 0.25) is 0 Å². The number of hydrogen-bond acceptors (Lipinski definition) is 5. The average Bonchev–Trinajstić information content (AvgIpc) is 2.73. The van der Waals surface area contributed by atoms with E-state index in [0.717, 1.165) is 44.0 Å². The molecule has 1 heterocycles. The average molecular weight is 412 g/mol. The van der Waals surface area contributed by atoms with Crippen LogP contribution in [0.3, 0.4) is 0 Å². The van der Waals surface area contributed by atoms with E-state index in [1.54, 1.807) is 0 Å². The number of aryl methyl sites for hydroxylation is 1. The number of rotatable bonds is 9. The van der Waals surface area contributed by atoms with E-state index in [2.05, 4.69) is 47.9 Å². The Morgan fingerprint density at radius 3 is 2.47 bits per heavy atom. The van der Waals surface area contributed by atoms with Gasteiger partial charge in [-0.05, 0) is 49.9 Å². The SMILES string of the molecule is CC(C)Oc1ccccc1N1CCN(Cc2cccc(CCC(N)C(=O)O)c2)CC1. The van der Waals surface area contributed by atoms with E-state index >= 15 is 0 Å². The Bertz CT molecular complexity index is 832. The highest BCUT2D eigenvalue weighted by Crippen LogP contribution is 2.29. The molecule has 2 aromatic rings. The van der Waals surface area contributed by atoms with E-state index in [0.29, 0.717) is 12.8 Å². The fraction of sp³-hybridized carbons (Fsp3) is 0.458. The number of anilines is 1. The Kier molecular flexibility index (Phi) is 7.71. The fourth-order valence-corrected chi connectivity index (χ4v) is 3.81. The van der Waals surface area contributed by atoms with Gasteiger partial charge in [-0.2, -0.15) is 0 Å². The molecule has 6 heteroatoms. The van der Waals surface area contributed by atoms with E-state index in [-0.39, 0.29) is 6.10 Å². The first-order valence-corrected chi connectivity index (χ1v) is 10.7. The first-order valence-electron chi connectivity index (χ1n) is 10.7. The summed E-state index contributed by atoms with van der Waals surface area (Å²) in [5.74, 6) is 0.0117. The zero-order valence-corrected chi connectivity index (χ0v) is 18.0. The third kappa shape index (κ3) is 6.21. The van der Waals surface area contributed by atoms with Crippen molar-refractivity contribution in [1.29, 1.82) is 0 Å². The first-order chi connectivity index (χ1) is 14.4. The van der Waals surface area contributed by atoms with Gasteiger partial charge in [0.25, 0.3) is 0 Å². The maximum atomic E-state index is 10.9. The van der Waals surface area contributed by atoms with Crippen LogP contribution in [0.15, 0.2) is 48.5 Å². The van der Waals surface area contributed by atoms with Crippen LogP contribution in [-0.2, 0) is 17.8 Å². The molecule has 0 spiro atoms. The highest BCUT2D eigenvalue weighted by molar-refractivity contribution is 5.73. The van der Waals surface area contributed by atoms with Crippen LogP contribution in [0.25, 0.3) is 0 Å². The van der Waals surface area contributed by atoms with Crippen molar-refractivity contribution in [3.63, 3.8) is 0 Å². The lowest BCUT2D eigenvalue weighted by molar-refractivity contribution is -0.138. The summed E-state index contributed by atoms with van der Waals surface area (Å²) in [5.41, 5.74) is 9.20. The summed E-state index contributed by atoms with van der Waals surface area (Å²) in [7, 11) is 0. The number of para-hydroxylation sites is 2. The summed E-state index contributed by atoms with van der Waals surface area (Å²) in [6.45, 7) is 8.92. The zero-order valence-electron chi connectivity index (χ0n) is 18.0. The van der Waals surface area contributed by atoms with Gasteiger partial charge < -0.3 is 20.5 Å². The third-order valence-corrected chi connectivity index (χ3v) is 5.40. The standard InChI is InChI=1S/C24H33N3O3/c1-18(2)30-23-9-4-3-8-22(23)27-14-12-26(13-15-27)17-20-7-5-6-19(16-20)10-11-21(25)24(28)29/h3-9,16,18,21H,10-15,17,25H2,1-2H3,(H,28,29). The molecule has 1 unspecified atom stereocenters. The molecule has 3 rings (SSSR count). The monoisotopic (exact) mass is 411 g/mol. The van der Waals surface area contributed by atoms with E-state index < -0.39 is 12.0 Å². The number of hydrogen-bond donors (Lipinski definition) is 2. The second-order valence-corrected chi connectivity index (χ2v) is 8.20. The molecule has 1 aliphatic rings. The number of carboxylic acid groups (broad SMARTS) is 1. The van der Waals surface area contributed by atoms with Gasteiger partial charge in [-0.1, -0.05) is 36.4 Å². The molecule has 1 saturated heterocycles. The van der Waals surface area contributed by atoms with E-state index in [9.17, 15) is 4.79 Å². The molecule has 0 amide bonds. The van der Waals surface area contributed by atoms with Crippen LogP contribution in [0.2, 0.25) is 0 Å². The number of nitrogens with zero attached hydrogens (tertiary/aromatic N) is 2. The highest BCUT2D eigenvalue weighted by Gasteiger charge is 2.20. The van der Waals surface area contributed by atoms with Gasteiger partial charge in [-0.15, -0.1) is 0 Å². The number of carboxylic acids is 1. The van der Waals surface area contributed by atoms with Crippen molar-refractivity contribution in [2.24, 2.45) is 5.73 Å². The quantitative estimate of drug-likeness (QED) is 0.660. The molecule has 0 bridgehead atoms. The normalized spacial score (nSPS) is 15.9. The first kappa shape index (κ1) is 22.1. The van der Waals surface area contributed by atoms with Gasteiger partial charge in [-0.3, -0.25) is 9.69 Å². The largest absolute Gasteiger partial charge is 0.489 e. The van der Waals surface area contributed by atoms with Crippen LogP contribution in [0.1, 0.15) is 31.4 Å². The van der Waals surface area contributed by atoms with Crippen LogP contribution < -0.4 is 15.4 Å². The van der Waals surface area contributed by atoms with Gasteiger partial charge >= 0.3 is 5.97 Å². The minimum atomic E-state index is -0.940. The summed E-state index contributed by atoms with van der Waals surface area (Å²) in [5, 5.41) is 8.95. The Morgan fingerprint density at radius 1 is 1.07 bits per heavy atom. The van der Waals surface area contributed by atoms with E-state index in [1.807, 2.05) is 24.3 Å². The molecule has 162 valence electrons. The van der Waals surface area contributed by atoms with Crippen LogP contribution in [0.4, 0.5) is 5.69 Å². The zero-order chi connectivity index (χ0) is 21.5. The van der Waals surface area contributed by atoms with Crippen molar-refractivity contribution in [2.75, 3.05) is 31.1 Å². The number of carbonyl (C=O) groups is 1. The Balaban J connectivity index is 1.54. The molecule has 2 aromatic carbocycles. The lowest BCUT2D eigenvalue weighted by Gasteiger charge is -2.37. The van der Waals surface area contributed by atoms with Crippen molar-refractivity contribution in [1.82, 2.24) is 4.90 Å². The van der Waals surface area contributed by atoms with Crippen molar-refractivity contribution in [2.45, 2.75) is 45.4 Å². The lowest BCUT2D eigenvalue weighted by Crippen LogP contribution is -2.46. The summed E-state index contributed by atoms with van der Waals surface area (Å²) < 4.78 is 5.99. The van der Waals surface area contributed by atoms with Gasteiger partial charge in [0.05, 0.1) is 11.8 Å². The smallest absolute Gasteiger partial charge is 0.320 e. The molecule has 30 heavy (non-hydrogen) atoms. The molecule has 0 radical (unpaired) electrons. The topological polar surface area (TPSA) is 79.0 Å². The molecule has 1 fully saturated rings. The van der Waals surface area contributed by atoms with Crippen LogP contribution in [0.5, 0.6) is 5.75 Å². The number of benzene rings is 2. The van der Waals surface area contributed by atoms with Gasteiger partial charge in [0.1, 0.15) is 11.8 Å². The second-order valence-electron chi connectivity index (χ2n) is 8.20. The predicted octanol–water partition coefficient (Wildman–Crippen LogP) is 3.14. The Labute approximate surface area is 179 Å². The summed E-state index contributed by atoms with van der Waals surface area (Å²) in [6, 6.07) is 15.9. The predicted molar refractivity (Wildman–Crippen MR) is 120 cm³/mol. The Morgan fingerprint density at radius 2 is 1.77 bits per heavy atom. The van der Waals surface area contributed by atoms with E-state index in [4.69, 9.17) is 15.6 Å². The molecule has 1 aliphatic heterocycles. The maximum Gasteiger partial charge on any atom is 0.320 e. The molecule has 6 nitrogen and oxygen atoms in total. The third-order valence-electron chi connectivity index (χ3n) is 5.40. The highest BCUT2D eigenvalue weighted by atomic mass is 16.5. The maximum absolute atomic E-state index is 10.9. The second kappa shape index (κ2) is 10.5. The van der Waals surface area contributed by atoms with Gasteiger partial charge in [-0.25, -0.2) is 0 Å². The minimum absolute atomic E-state index is 0.157. The van der Waals surface area contributed by atoms with Gasteiger partial charge in [0.15, 0.2) is 0 Å². The van der Waals surface area contributed by atoms with Crippen LogP contribution >= 0.6 is 0 Å². The van der Waals surface area contributed by atoms with Crippen molar-refractivity contribution < 1.29 is 14.6 Å². The van der Waals surface area contributed by atoms with Gasteiger partial charge in [0, 0.05) is 32.7 Å². The van der Waals surface area contributed by atoms with Crippen LogP contribution in [-0.4, -0.2) is 54.3 Å². The van der Waals surface area contributed by atoms with E-state index in [1.165, 1.54) is 11.3 Å². The summed E-state index contributed by atoms with van der Waals surface area (Å²) in [6.07, 6.45) is 1.29. The molecular weight excluding hydrogens is 378 g/mol. The summed E-state index contributed by atoms with van der Waals surface area (Å²) >= 11 is 0. The number of nitrogens with two attached hydrogens (primary N) is 1. The Hall–Kier alpha value is -2.57. The lowest BCUT2D eigenvalue weighted by atomic mass is 10.0. The molecular formula is C24H33N3O3. The molecule has 0 aromatic heterocycles. The molecule has 0 aliphatic carbocycles. The number of ether oxygens (including phenoxy) is 1. The van der Waals surface area contributed by atoms with Crippen molar-refractivity contribution in [3.05, 3.63) is 59.7 Å². The van der Waals surface area contributed by atoms with Crippen molar-refractivity contribution in [3.8, 4) is 5.75 Å². The molecule has 1 atom stereocenters. The molecule has 0 saturated carbocycles. The van der Waals surface area contributed by atoms with Crippen LogP contribution in [0, 0.1) is 0 Å². The fourth-order valence-electron chi connectivity index (χ4n) is 3.81. The number of piperazine rings is 1.